The number of ether oxygens (including phenoxy) is 2. The lowest BCUT2D eigenvalue weighted by Crippen LogP contribution is -2.06. The summed E-state index contributed by atoms with van der Waals surface area (Å²) in [5, 5.41) is 9.77. The molecule has 2 N–H and O–H groups in total. The van der Waals surface area contributed by atoms with Gasteiger partial charge in [0, 0.05) is 12.1 Å². The Kier molecular flexibility index (Phi) is 4.96. The first-order valence-corrected chi connectivity index (χ1v) is 7.69. The molecule has 1 heterocycles. The maximum absolute atomic E-state index is 6.06. The van der Waals surface area contributed by atoms with Crippen molar-refractivity contribution in [2.75, 3.05) is 12.4 Å². The van der Waals surface area contributed by atoms with Gasteiger partial charge in [-0.15, -0.1) is 0 Å². The number of nitrogens with one attached hydrogen (secondary N) is 2. The zero-order valence-corrected chi connectivity index (χ0v) is 13.7. The van der Waals surface area contributed by atoms with Crippen molar-refractivity contribution >= 4 is 5.95 Å². The fourth-order valence-corrected chi connectivity index (χ4v) is 2.45. The van der Waals surface area contributed by atoms with Crippen molar-refractivity contribution < 1.29 is 9.47 Å². The maximum Gasteiger partial charge on any atom is 0.218 e. The molecule has 0 aliphatic carbocycles. The van der Waals surface area contributed by atoms with Gasteiger partial charge in [0.25, 0.3) is 0 Å². The highest BCUT2D eigenvalue weighted by atomic mass is 16.5. The van der Waals surface area contributed by atoms with E-state index in [9.17, 15) is 0 Å². The van der Waals surface area contributed by atoms with Crippen LogP contribution in [0.2, 0.25) is 0 Å². The Morgan fingerprint density at radius 2 is 2.04 bits per heavy atom. The number of H-pyrrole nitrogens is 1. The molecule has 2 aromatic carbocycles. The molecule has 6 heteroatoms. The largest absolute Gasteiger partial charge is 0.493 e. The van der Waals surface area contributed by atoms with Crippen LogP contribution in [0.5, 0.6) is 11.5 Å². The Labute approximate surface area is 140 Å². The summed E-state index contributed by atoms with van der Waals surface area (Å²) in [7, 11) is 1.64. The van der Waals surface area contributed by atoms with Crippen LogP contribution in [-0.4, -0.2) is 22.3 Å². The third-order valence-corrected chi connectivity index (χ3v) is 3.61. The monoisotopic (exact) mass is 324 g/mol. The van der Waals surface area contributed by atoms with Crippen LogP contribution in [-0.2, 0) is 13.2 Å². The standard InChI is InChI=1S/C18H20N4O2/c1-13-5-3-6-14(9-13)11-24-17-15(7-4-8-16(17)23-2)10-19-18-20-12-21-22-18/h3-9,12H,10-11H2,1-2H3,(H2,19,20,21,22). The van der Waals surface area contributed by atoms with E-state index < -0.39 is 0 Å². The summed E-state index contributed by atoms with van der Waals surface area (Å²) in [6.07, 6.45) is 1.46. The zero-order valence-electron chi connectivity index (χ0n) is 13.7. The number of aryl methyl sites for hydroxylation is 1. The quantitative estimate of drug-likeness (QED) is 0.697. The lowest BCUT2D eigenvalue weighted by Gasteiger charge is -2.15. The molecular formula is C18H20N4O2. The molecule has 1 aromatic heterocycles. The van der Waals surface area contributed by atoms with Gasteiger partial charge in [-0.3, -0.25) is 0 Å². The smallest absolute Gasteiger partial charge is 0.218 e. The van der Waals surface area contributed by atoms with Gasteiger partial charge in [-0.2, -0.15) is 5.10 Å². The van der Waals surface area contributed by atoms with E-state index >= 15 is 0 Å². The molecule has 0 spiro atoms. The molecule has 6 nitrogen and oxygen atoms in total. The number of methoxy groups -OCH3 is 1. The summed E-state index contributed by atoms with van der Waals surface area (Å²) in [5.41, 5.74) is 3.32. The molecule has 0 radical (unpaired) electrons. The number of aromatic amines is 1. The van der Waals surface area contributed by atoms with E-state index in [1.54, 1.807) is 7.11 Å². The average molecular weight is 324 g/mol. The van der Waals surface area contributed by atoms with Crippen LogP contribution in [0.1, 0.15) is 16.7 Å². The van der Waals surface area contributed by atoms with Crippen LogP contribution in [0.25, 0.3) is 0 Å². The van der Waals surface area contributed by atoms with Gasteiger partial charge in [0.05, 0.1) is 7.11 Å². The lowest BCUT2D eigenvalue weighted by molar-refractivity contribution is 0.281. The second-order valence-corrected chi connectivity index (χ2v) is 5.41. The molecule has 0 aliphatic heterocycles. The van der Waals surface area contributed by atoms with Gasteiger partial charge in [-0.1, -0.05) is 42.0 Å². The predicted octanol–water partition coefficient (Wildman–Crippen LogP) is 3.31. The van der Waals surface area contributed by atoms with E-state index in [4.69, 9.17) is 9.47 Å². The average Bonchev–Trinajstić information content (AvgIpc) is 3.12. The summed E-state index contributed by atoms with van der Waals surface area (Å²) >= 11 is 0. The van der Waals surface area contributed by atoms with Gasteiger partial charge in [-0.05, 0) is 18.6 Å². The highest BCUT2D eigenvalue weighted by molar-refractivity contribution is 5.48. The lowest BCUT2D eigenvalue weighted by atomic mass is 10.1. The van der Waals surface area contributed by atoms with Crippen LogP contribution >= 0.6 is 0 Å². The highest BCUT2D eigenvalue weighted by Gasteiger charge is 2.11. The maximum atomic E-state index is 6.06. The van der Waals surface area contributed by atoms with Crippen molar-refractivity contribution in [1.29, 1.82) is 0 Å². The van der Waals surface area contributed by atoms with Gasteiger partial charge in [0.2, 0.25) is 5.95 Å². The molecule has 0 atom stereocenters. The Balaban J connectivity index is 1.76. The molecular weight excluding hydrogens is 304 g/mol. The summed E-state index contributed by atoms with van der Waals surface area (Å²) in [6, 6.07) is 14.1. The van der Waals surface area contributed by atoms with Gasteiger partial charge >= 0.3 is 0 Å². The molecule has 3 rings (SSSR count). The van der Waals surface area contributed by atoms with Gasteiger partial charge < -0.3 is 14.8 Å². The van der Waals surface area contributed by atoms with Crippen molar-refractivity contribution in [3.63, 3.8) is 0 Å². The van der Waals surface area contributed by atoms with Crippen LogP contribution in [0.4, 0.5) is 5.95 Å². The highest BCUT2D eigenvalue weighted by Crippen LogP contribution is 2.32. The molecule has 0 bridgehead atoms. The molecule has 24 heavy (non-hydrogen) atoms. The number of benzene rings is 2. The first kappa shape index (κ1) is 15.9. The SMILES string of the molecule is COc1cccc(CNc2ncn[nH]2)c1OCc1cccc(C)c1. The van der Waals surface area contributed by atoms with E-state index in [-0.39, 0.29) is 0 Å². The topological polar surface area (TPSA) is 72.1 Å². The summed E-state index contributed by atoms with van der Waals surface area (Å²) in [4.78, 5) is 4.06. The Morgan fingerprint density at radius 1 is 1.17 bits per heavy atom. The number of aromatic nitrogens is 3. The van der Waals surface area contributed by atoms with Gasteiger partial charge in [0.1, 0.15) is 12.9 Å². The van der Waals surface area contributed by atoms with E-state index in [0.29, 0.717) is 24.8 Å². The third kappa shape index (κ3) is 3.84. The van der Waals surface area contributed by atoms with Gasteiger partial charge in [0.15, 0.2) is 11.5 Å². The number of rotatable bonds is 7. The Morgan fingerprint density at radius 3 is 2.79 bits per heavy atom. The summed E-state index contributed by atoms with van der Waals surface area (Å²) < 4.78 is 11.5. The van der Waals surface area contributed by atoms with E-state index in [1.807, 2.05) is 24.3 Å². The molecule has 3 aromatic rings. The van der Waals surface area contributed by atoms with E-state index in [1.165, 1.54) is 11.9 Å². The number of anilines is 1. The molecule has 0 unspecified atom stereocenters. The van der Waals surface area contributed by atoms with Gasteiger partial charge in [-0.25, -0.2) is 10.1 Å². The van der Waals surface area contributed by atoms with Crippen LogP contribution < -0.4 is 14.8 Å². The number of nitrogens with zero attached hydrogens (tertiary/aromatic N) is 2. The predicted molar refractivity (Wildman–Crippen MR) is 92.2 cm³/mol. The number of para-hydroxylation sites is 1. The minimum atomic E-state index is 0.483. The second-order valence-electron chi connectivity index (χ2n) is 5.41. The van der Waals surface area contributed by atoms with Crippen molar-refractivity contribution in [2.24, 2.45) is 0 Å². The molecule has 0 amide bonds. The summed E-state index contributed by atoms with van der Waals surface area (Å²) in [5.74, 6) is 2.05. The third-order valence-electron chi connectivity index (χ3n) is 3.61. The molecule has 0 saturated carbocycles. The van der Waals surface area contributed by atoms with E-state index in [2.05, 4.69) is 45.6 Å². The Hall–Kier alpha value is -3.02. The molecule has 124 valence electrons. The minimum Gasteiger partial charge on any atom is -0.493 e. The number of hydrogen-bond acceptors (Lipinski definition) is 5. The number of hydrogen-bond donors (Lipinski definition) is 2. The zero-order chi connectivity index (χ0) is 16.8. The van der Waals surface area contributed by atoms with Crippen molar-refractivity contribution in [2.45, 2.75) is 20.1 Å². The summed E-state index contributed by atoms with van der Waals surface area (Å²) in [6.45, 7) is 3.10. The van der Waals surface area contributed by atoms with Crippen LogP contribution in [0.15, 0.2) is 48.8 Å². The fourth-order valence-electron chi connectivity index (χ4n) is 2.45. The van der Waals surface area contributed by atoms with Crippen LogP contribution in [0, 0.1) is 6.92 Å². The first-order chi connectivity index (χ1) is 11.8. The first-order valence-electron chi connectivity index (χ1n) is 7.69. The van der Waals surface area contributed by atoms with E-state index in [0.717, 1.165) is 16.9 Å². The normalized spacial score (nSPS) is 10.4. The van der Waals surface area contributed by atoms with Crippen molar-refractivity contribution in [1.82, 2.24) is 15.2 Å². The fraction of sp³-hybridized carbons (Fsp3) is 0.222. The molecule has 0 saturated heterocycles. The van der Waals surface area contributed by atoms with Crippen molar-refractivity contribution in [3.8, 4) is 11.5 Å². The second kappa shape index (κ2) is 7.50. The molecule has 0 fully saturated rings. The molecule has 0 aliphatic rings. The Bertz CT molecular complexity index is 787. The van der Waals surface area contributed by atoms with Crippen molar-refractivity contribution in [3.05, 3.63) is 65.5 Å². The minimum absolute atomic E-state index is 0.483. The van der Waals surface area contributed by atoms with Crippen LogP contribution in [0.3, 0.4) is 0 Å².